The van der Waals surface area contributed by atoms with Crippen LogP contribution in [0.5, 0.6) is 0 Å². The van der Waals surface area contributed by atoms with Gasteiger partial charge in [-0.05, 0) is 25.0 Å². The van der Waals surface area contributed by atoms with Gasteiger partial charge in [-0.25, -0.2) is 0 Å². The van der Waals surface area contributed by atoms with Crippen LogP contribution in [0.4, 0.5) is 11.4 Å². The summed E-state index contributed by atoms with van der Waals surface area (Å²) >= 11 is 0. The third kappa shape index (κ3) is 2.39. The smallest absolute Gasteiger partial charge is 0.269 e. The molecular weight excluding hydrogens is 220 g/mol. The van der Waals surface area contributed by atoms with E-state index >= 15 is 0 Å². The standard InChI is InChI=1S/C12H16N2O3/c1-9-6-11(14(16)17)2-3-12(9)13-5-4-10(7-13)8-15/h2-3,6,10,15H,4-5,7-8H2,1H3. The van der Waals surface area contributed by atoms with E-state index in [0.29, 0.717) is 5.92 Å². The monoisotopic (exact) mass is 236 g/mol. The van der Waals surface area contributed by atoms with Crippen LogP contribution >= 0.6 is 0 Å². The molecule has 1 aliphatic rings. The van der Waals surface area contributed by atoms with Crippen molar-refractivity contribution in [1.82, 2.24) is 0 Å². The van der Waals surface area contributed by atoms with E-state index < -0.39 is 0 Å². The second-order valence-corrected chi connectivity index (χ2v) is 4.51. The predicted octanol–water partition coefficient (Wildman–Crippen LogP) is 1.72. The zero-order valence-electron chi connectivity index (χ0n) is 9.80. The van der Waals surface area contributed by atoms with Crippen molar-refractivity contribution in [2.45, 2.75) is 13.3 Å². The molecular formula is C12H16N2O3. The Morgan fingerprint density at radius 1 is 1.59 bits per heavy atom. The molecule has 5 heteroatoms. The Morgan fingerprint density at radius 2 is 2.35 bits per heavy atom. The zero-order chi connectivity index (χ0) is 12.4. The van der Waals surface area contributed by atoms with E-state index in [0.717, 1.165) is 30.8 Å². The molecule has 1 aromatic rings. The molecule has 92 valence electrons. The minimum absolute atomic E-state index is 0.129. The van der Waals surface area contributed by atoms with Crippen LogP contribution < -0.4 is 4.90 Å². The van der Waals surface area contributed by atoms with Gasteiger partial charge >= 0.3 is 0 Å². The number of aliphatic hydroxyl groups excluding tert-OH is 1. The highest BCUT2D eigenvalue weighted by Crippen LogP contribution is 2.29. The lowest BCUT2D eigenvalue weighted by molar-refractivity contribution is -0.384. The number of aryl methyl sites for hydroxylation is 1. The molecule has 1 unspecified atom stereocenters. The van der Waals surface area contributed by atoms with Gasteiger partial charge in [0.1, 0.15) is 0 Å². The second kappa shape index (κ2) is 4.71. The first-order chi connectivity index (χ1) is 8.11. The fraction of sp³-hybridized carbons (Fsp3) is 0.500. The molecule has 0 amide bonds. The number of benzene rings is 1. The minimum Gasteiger partial charge on any atom is -0.396 e. The van der Waals surface area contributed by atoms with Crippen LogP contribution in [0.25, 0.3) is 0 Å². The van der Waals surface area contributed by atoms with Crippen LogP contribution in [0.1, 0.15) is 12.0 Å². The van der Waals surface area contributed by atoms with Crippen LogP contribution in [0.15, 0.2) is 18.2 Å². The molecule has 0 aromatic heterocycles. The molecule has 17 heavy (non-hydrogen) atoms. The number of nitro groups is 1. The van der Waals surface area contributed by atoms with Gasteiger partial charge in [0.15, 0.2) is 0 Å². The SMILES string of the molecule is Cc1cc([N+](=O)[O-])ccc1N1CCC(CO)C1. The molecule has 5 nitrogen and oxygen atoms in total. The highest BCUT2D eigenvalue weighted by Gasteiger charge is 2.23. The van der Waals surface area contributed by atoms with Gasteiger partial charge in [-0.15, -0.1) is 0 Å². The van der Waals surface area contributed by atoms with E-state index in [9.17, 15) is 10.1 Å². The fourth-order valence-electron chi connectivity index (χ4n) is 2.31. The number of nitrogens with zero attached hydrogens (tertiary/aromatic N) is 2. The van der Waals surface area contributed by atoms with Crippen LogP contribution in [-0.2, 0) is 0 Å². The van der Waals surface area contributed by atoms with Gasteiger partial charge in [0.25, 0.3) is 5.69 Å². The second-order valence-electron chi connectivity index (χ2n) is 4.51. The maximum atomic E-state index is 10.6. The van der Waals surface area contributed by atoms with Crippen molar-refractivity contribution in [2.75, 3.05) is 24.6 Å². The van der Waals surface area contributed by atoms with Crippen LogP contribution in [0, 0.1) is 23.0 Å². The molecule has 1 fully saturated rings. The Kier molecular flexibility index (Phi) is 3.28. The zero-order valence-corrected chi connectivity index (χ0v) is 9.80. The maximum Gasteiger partial charge on any atom is 0.269 e. The van der Waals surface area contributed by atoms with Crippen LogP contribution in [0.3, 0.4) is 0 Å². The van der Waals surface area contributed by atoms with Gasteiger partial charge in [0.2, 0.25) is 0 Å². The molecule has 1 atom stereocenters. The highest BCUT2D eigenvalue weighted by molar-refractivity contribution is 5.57. The van der Waals surface area contributed by atoms with Gasteiger partial charge in [-0.1, -0.05) is 0 Å². The van der Waals surface area contributed by atoms with Crippen LogP contribution in [0.2, 0.25) is 0 Å². The number of hydrogen-bond acceptors (Lipinski definition) is 4. The molecule has 0 spiro atoms. The molecule has 1 aliphatic heterocycles. The largest absolute Gasteiger partial charge is 0.396 e. The quantitative estimate of drug-likeness (QED) is 0.641. The number of rotatable bonds is 3. The van der Waals surface area contributed by atoms with Crippen molar-refractivity contribution in [3.63, 3.8) is 0 Å². The Morgan fingerprint density at radius 3 is 2.88 bits per heavy atom. The third-order valence-corrected chi connectivity index (χ3v) is 3.28. The topological polar surface area (TPSA) is 66.6 Å². The molecule has 1 heterocycles. The molecule has 1 N–H and O–H groups in total. The van der Waals surface area contributed by atoms with Gasteiger partial charge in [-0.3, -0.25) is 10.1 Å². The van der Waals surface area contributed by atoms with Crippen molar-refractivity contribution in [3.05, 3.63) is 33.9 Å². The van der Waals surface area contributed by atoms with E-state index in [1.165, 1.54) is 6.07 Å². The molecule has 0 bridgehead atoms. The van der Waals surface area contributed by atoms with Crippen molar-refractivity contribution >= 4 is 11.4 Å². The molecule has 0 aliphatic carbocycles. The summed E-state index contributed by atoms with van der Waals surface area (Å²) in [5, 5.41) is 19.7. The summed E-state index contributed by atoms with van der Waals surface area (Å²) in [6.07, 6.45) is 0.979. The Bertz CT molecular complexity index is 434. The molecule has 1 saturated heterocycles. The van der Waals surface area contributed by atoms with E-state index in [2.05, 4.69) is 4.90 Å². The maximum absolute atomic E-state index is 10.6. The lowest BCUT2D eigenvalue weighted by Gasteiger charge is -2.20. The van der Waals surface area contributed by atoms with E-state index in [1.54, 1.807) is 12.1 Å². The number of anilines is 1. The van der Waals surface area contributed by atoms with Crippen LogP contribution in [-0.4, -0.2) is 29.7 Å². The predicted molar refractivity (Wildman–Crippen MR) is 65.2 cm³/mol. The number of hydrogen-bond donors (Lipinski definition) is 1. The molecule has 1 aromatic carbocycles. The fourth-order valence-corrected chi connectivity index (χ4v) is 2.31. The normalized spacial score (nSPS) is 19.6. The highest BCUT2D eigenvalue weighted by atomic mass is 16.6. The summed E-state index contributed by atoms with van der Waals surface area (Å²) in [6, 6.07) is 4.93. The first kappa shape index (κ1) is 11.9. The van der Waals surface area contributed by atoms with E-state index in [-0.39, 0.29) is 17.2 Å². The Labute approximate surface area is 99.8 Å². The average molecular weight is 236 g/mol. The molecule has 2 rings (SSSR count). The van der Waals surface area contributed by atoms with Crippen molar-refractivity contribution in [3.8, 4) is 0 Å². The lowest BCUT2D eigenvalue weighted by atomic mass is 10.1. The summed E-state index contributed by atoms with van der Waals surface area (Å²) in [4.78, 5) is 12.4. The summed E-state index contributed by atoms with van der Waals surface area (Å²) in [6.45, 7) is 3.83. The third-order valence-electron chi connectivity index (χ3n) is 3.28. The molecule has 0 saturated carbocycles. The van der Waals surface area contributed by atoms with E-state index in [1.807, 2.05) is 6.92 Å². The van der Waals surface area contributed by atoms with Gasteiger partial charge < -0.3 is 10.0 Å². The summed E-state index contributed by atoms with van der Waals surface area (Å²) in [7, 11) is 0. The first-order valence-corrected chi connectivity index (χ1v) is 5.72. The summed E-state index contributed by atoms with van der Waals surface area (Å²) in [5.74, 6) is 0.324. The summed E-state index contributed by atoms with van der Waals surface area (Å²) < 4.78 is 0. The number of aliphatic hydroxyl groups is 1. The first-order valence-electron chi connectivity index (χ1n) is 5.72. The minimum atomic E-state index is -0.378. The van der Waals surface area contributed by atoms with Gasteiger partial charge in [0, 0.05) is 43.4 Å². The van der Waals surface area contributed by atoms with Crippen molar-refractivity contribution in [1.29, 1.82) is 0 Å². The van der Waals surface area contributed by atoms with Crippen molar-refractivity contribution < 1.29 is 10.0 Å². The number of nitro benzene ring substituents is 1. The Hall–Kier alpha value is -1.62. The van der Waals surface area contributed by atoms with Gasteiger partial charge in [-0.2, -0.15) is 0 Å². The van der Waals surface area contributed by atoms with E-state index in [4.69, 9.17) is 5.11 Å². The van der Waals surface area contributed by atoms with Crippen molar-refractivity contribution in [2.24, 2.45) is 5.92 Å². The Balaban J connectivity index is 2.20. The van der Waals surface area contributed by atoms with Gasteiger partial charge in [0.05, 0.1) is 4.92 Å². The summed E-state index contributed by atoms with van der Waals surface area (Å²) in [5.41, 5.74) is 2.08. The molecule has 0 radical (unpaired) electrons. The lowest BCUT2D eigenvalue weighted by Crippen LogP contribution is -2.21. The average Bonchev–Trinajstić information content (AvgIpc) is 2.77. The number of non-ortho nitro benzene ring substituents is 1.